The van der Waals surface area contributed by atoms with Gasteiger partial charge in [-0.25, -0.2) is 4.98 Å². The average Bonchev–Trinajstić information content (AvgIpc) is 2.47. The fourth-order valence-electron chi connectivity index (χ4n) is 2.15. The van der Waals surface area contributed by atoms with E-state index in [0.29, 0.717) is 0 Å². The van der Waals surface area contributed by atoms with E-state index in [1.165, 1.54) is 5.56 Å². The van der Waals surface area contributed by atoms with Gasteiger partial charge in [-0.05, 0) is 26.6 Å². The quantitative estimate of drug-likeness (QED) is 0.850. The molecule has 5 nitrogen and oxygen atoms in total. The highest BCUT2D eigenvalue weighted by Crippen LogP contribution is 2.14. The van der Waals surface area contributed by atoms with Gasteiger partial charge in [-0.15, -0.1) is 0 Å². The van der Waals surface area contributed by atoms with Crippen LogP contribution in [0.1, 0.15) is 11.3 Å². The van der Waals surface area contributed by atoms with Gasteiger partial charge in [-0.2, -0.15) is 4.98 Å². The maximum Gasteiger partial charge on any atom is 0.227 e. The van der Waals surface area contributed by atoms with Crippen LogP contribution in [0.2, 0.25) is 0 Å². The highest BCUT2D eigenvalue weighted by molar-refractivity contribution is 5.43. The molecule has 0 unspecified atom stereocenters. The van der Waals surface area contributed by atoms with Gasteiger partial charge in [0, 0.05) is 38.4 Å². The fourth-order valence-corrected chi connectivity index (χ4v) is 2.15. The van der Waals surface area contributed by atoms with Crippen molar-refractivity contribution in [2.75, 3.05) is 44.4 Å². The summed E-state index contributed by atoms with van der Waals surface area (Å²) in [6.45, 7) is 4.63. The van der Waals surface area contributed by atoms with Crippen LogP contribution in [0.4, 0.5) is 11.8 Å². The summed E-state index contributed by atoms with van der Waals surface area (Å²) in [5.41, 5.74) is 2.22. The van der Waals surface area contributed by atoms with Crippen molar-refractivity contribution in [3.8, 4) is 0 Å². The van der Waals surface area contributed by atoms with E-state index in [-0.39, 0.29) is 0 Å². The predicted molar refractivity (Wildman–Crippen MR) is 92.4 cm³/mol. The number of aryl methyl sites for hydroxylation is 1. The van der Waals surface area contributed by atoms with Crippen LogP contribution in [0.15, 0.2) is 36.4 Å². The number of hydrogen-bond donors (Lipinski definition) is 1. The summed E-state index contributed by atoms with van der Waals surface area (Å²) in [5.74, 6) is 1.63. The zero-order chi connectivity index (χ0) is 15.9. The van der Waals surface area contributed by atoms with Crippen LogP contribution < -0.4 is 10.2 Å². The lowest BCUT2D eigenvalue weighted by Gasteiger charge is -2.19. The van der Waals surface area contributed by atoms with Crippen molar-refractivity contribution in [1.29, 1.82) is 0 Å². The third-order valence-corrected chi connectivity index (χ3v) is 3.31. The van der Waals surface area contributed by atoms with Crippen LogP contribution >= 0.6 is 0 Å². The van der Waals surface area contributed by atoms with E-state index >= 15 is 0 Å². The van der Waals surface area contributed by atoms with Gasteiger partial charge < -0.3 is 15.1 Å². The summed E-state index contributed by atoms with van der Waals surface area (Å²) in [6.07, 6.45) is 0. The lowest BCUT2D eigenvalue weighted by molar-refractivity contribution is 0.425. The maximum absolute atomic E-state index is 4.61. The molecule has 0 bridgehead atoms. The van der Waals surface area contributed by atoms with Crippen molar-refractivity contribution in [3.63, 3.8) is 0 Å². The van der Waals surface area contributed by atoms with Gasteiger partial charge in [0.25, 0.3) is 0 Å². The molecule has 0 aliphatic rings. The largest absolute Gasteiger partial charge is 0.369 e. The zero-order valence-corrected chi connectivity index (χ0v) is 13.9. The molecule has 1 aromatic heterocycles. The van der Waals surface area contributed by atoms with Gasteiger partial charge in [-0.1, -0.05) is 30.3 Å². The van der Waals surface area contributed by atoms with Crippen molar-refractivity contribution >= 4 is 11.8 Å². The van der Waals surface area contributed by atoms with Crippen LogP contribution in [0, 0.1) is 6.92 Å². The number of aromatic nitrogens is 2. The van der Waals surface area contributed by atoms with Crippen LogP contribution in [-0.2, 0) is 6.54 Å². The molecule has 0 amide bonds. The monoisotopic (exact) mass is 299 g/mol. The molecule has 0 fully saturated rings. The van der Waals surface area contributed by atoms with Crippen molar-refractivity contribution < 1.29 is 0 Å². The number of nitrogens with one attached hydrogen (secondary N) is 1. The number of nitrogens with zero attached hydrogens (tertiary/aromatic N) is 4. The number of likely N-dealkylation sites (N-methyl/N-ethyl adjacent to an activating group) is 1. The summed E-state index contributed by atoms with van der Waals surface area (Å²) >= 11 is 0. The molecule has 2 rings (SSSR count). The highest BCUT2D eigenvalue weighted by Gasteiger charge is 2.08. The molecule has 5 heteroatoms. The Labute approximate surface area is 133 Å². The third-order valence-electron chi connectivity index (χ3n) is 3.31. The van der Waals surface area contributed by atoms with Crippen molar-refractivity contribution in [1.82, 2.24) is 14.9 Å². The summed E-state index contributed by atoms with van der Waals surface area (Å²) in [5, 5.41) is 3.36. The number of hydrogen-bond acceptors (Lipinski definition) is 5. The van der Waals surface area contributed by atoms with Crippen LogP contribution in [0.5, 0.6) is 0 Å². The number of rotatable bonds is 7. The molecule has 0 saturated heterocycles. The molecule has 1 aromatic carbocycles. The van der Waals surface area contributed by atoms with E-state index in [2.05, 4.69) is 63.4 Å². The van der Waals surface area contributed by atoms with Gasteiger partial charge in [0.05, 0.1) is 0 Å². The second-order valence-corrected chi connectivity index (χ2v) is 5.77. The summed E-state index contributed by atoms with van der Waals surface area (Å²) < 4.78 is 0. The highest BCUT2D eigenvalue weighted by atomic mass is 15.2. The Morgan fingerprint density at radius 1 is 1.05 bits per heavy atom. The molecule has 1 N–H and O–H groups in total. The van der Waals surface area contributed by atoms with Crippen LogP contribution in [0.25, 0.3) is 0 Å². The summed E-state index contributed by atoms with van der Waals surface area (Å²) in [4.78, 5) is 13.4. The normalized spacial score (nSPS) is 10.8. The predicted octanol–water partition coefficient (Wildman–Crippen LogP) is 2.39. The minimum atomic E-state index is 0.746. The van der Waals surface area contributed by atoms with Crippen molar-refractivity contribution in [2.24, 2.45) is 0 Å². The molecule has 2 aromatic rings. The first-order chi connectivity index (χ1) is 10.5. The average molecular weight is 299 g/mol. The lowest BCUT2D eigenvalue weighted by atomic mass is 10.2. The van der Waals surface area contributed by atoms with Gasteiger partial charge >= 0.3 is 0 Å². The topological polar surface area (TPSA) is 44.3 Å². The minimum absolute atomic E-state index is 0.746. The van der Waals surface area contributed by atoms with Gasteiger partial charge in [0.15, 0.2) is 0 Å². The van der Waals surface area contributed by atoms with Crippen molar-refractivity contribution in [3.05, 3.63) is 47.7 Å². The maximum atomic E-state index is 4.61. The Bertz CT molecular complexity index is 583. The van der Waals surface area contributed by atoms with E-state index < -0.39 is 0 Å². The molecule has 22 heavy (non-hydrogen) atoms. The Morgan fingerprint density at radius 3 is 2.45 bits per heavy atom. The van der Waals surface area contributed by atoms with Crippen molar-refractivity contribution in [2.45, 2.75) is 13.5 Å². The van der Waals surface area contributed by atoms with E-state index in [0.717, 1.165) is 37.1 Å². The third kappa shape index (κ3) is 5.00. The van der Waals surface area contributed by atoms with Gasteiger partial charge in [0.1, 0.15) is 5.82 Å². The van der Waals surface area contributed by atoms with Gasteiger partial charge in [0.2, 0.25) is 5.95 Å². The fraction of sp³-hybridized carbons (Fsp3) is 0.412. The molecule has 0 radical (unpaired) electrons. The first kappa shape index (κ1) is 16.2. The second-order valence-electron chi connectivity index (χ2n) is 5.77. The number of anilines is 2. The summed E-state index contributed by atoms with van der Waals surface area (Å²) in [6, 6.07) is 12.3. The molecular formula is C17H25N5. The van der Waals surface area contributed by atoms with Crippen LogP contribution in [-0.4, -0.2) is 49.1 Å². The SMILES string of the molecule is Cc1cc(NCCN(C)C)nc(N(C)Cc2ccccc2)n1. The molecular weight excluding hydrogens is 274 g/mol. The number of benzene rings is 1. The first-order valence-electron chi connectivity index (χ1n) is 7.54. The Hall–Kier alpha value is -2.14. The molecule has 0 aliphatic heterocycles. The molecule has 0 atom stereocenters. The second kappa shape index (κ2) is 7.75. The molecule has 1 heterocycles. The van der Waals surface area contributed by atoms with Crippen LogP contribution in [0.3, 0.4) is 0 Å². The van der Waals surface area contributed by atoms with E-state index in [1.807, 2.05) is 26.1 Å². The standard InChI is InChI=1S/C17H25N5/c1-14-12-16(18-10-11-21(2)3)20-17(19-14)22(4)13-15-8-6-5-7-9-15/h5-9,12H,10-11,13H2,1-4H3,(H,18,19,20). The Balaban J connectivity index is 2.05. The molecule has 0 saturated carbocycles. The van der Waals surface area contributed by atoms with E-state index in [4.69, 9.17) is 0 Å². The Kier molecular flexibility index (Phi) is 5.72. The van der Waals surface area contributed by atoms with E-state index in [9.17, 15) is 0 Å². The first-order valence-corrected chi connectivity index (χ1v) is 7.54. The lowest BCUT2D eigenvalue weighted by Crippen LogP contribution is -2.23. The summed E-state index contributed by atoms with van der Waals surface area (Å²) in [7, 11) is 6.14. The minimum Gasteiger partial charge on any atom is -0.369 e. The smallest absolute Gasteiger partial charge is 0.227 e. The molecule has 0 aliphatic carbocycles. The molecule has 0 spiro atoms. The Morgan fingerprint density at radius 2 is 1.77 bits per heavy atom. The van der Waals surface area contributed by atoms with Gasteiger partial charge in [-0.3, -0.25) is 0 Å². The zero-order valence-electron chi connectivity index (χ0n) is 13.9. The molecule has 118 valence electrons. The van der Waals surface area contributed by atoms with E-state index in [1.54, 1.807) is 0 Å².